The van der Waals surface area contributed by atoms with Gasteiger partial charge in [0.1, 0.15) is 11.5 Å². The highest BCUT2D eigenvalue weighted by molar-refractivity contribution is 5.98. The molecule has 0 bridgehead atoms. The Labute approximate surface area is 162 Å². The van der Waals surface area contributed by atoms with Crippen LogP contribution in [-0.4, -0.2) is 27.8 Å². The van der Waals surface area contributed by atoms with Gasteiger partial charge in [0.25, 0.3) is 11.5 Å². The lowest BCUT2D eigenvalue weighted by Crippen LogP contribution is -2.30. The van der Waals surface area contributed by atoms with Gasteiger partial charge in [-0.3, -0.25) is 9.59 Å². The van der Waals surface area contributed by atoms with Gasteiger partial charge in [-0.15, -0.1) is 0 Å². The fraction of sp³-hybridized carbons (Fsp3) is 0.143. The standard InChI is InChI=1S/C21H16F3N3O2/c1-10(14-9-25-20(28)13-8-17(24)16(23)7-12(13)14)27(2)21(29)18-6-11-4-3-5-15(22)19(11)26-18/h3-10,26H,1-2H3,(H,25,28). The second-order valence-corrected chi connectivity index (χ2v) is 6.86. The Kier molecular flexibility index (Phi) is 4.41. The van der Waals surface area contributed by atoms with Crippen LogP contribution in [0.5, 0.6) is 0 Å². The van der Waals surface area contributed by atoms with Gasteiger partial charge in [-0.05, 0) is 42.1 Å². The smallest absolute Gasteiger partial charge is 0.270 e. The highest BCUT2D eigenvalue weighted by Crippen LogP contribution is 2.28. The third-order valence-corrected chi connectivity index (χ3v) is 5.16. The number of nitrogens with one attached hydrogen (secondary N) is 2. The molecule has 2 aromatic heterocycles. The Hall–Kier alpha value is -3.55. The number of para-hydroxylation sites is 1. The summed E-state index contributed by atoms with van der Waals surface area (Å²) >= 11 is 0. The number of carbonyl (C=O) groups is 1. The highest BCUT2D eigenvalue weighted by atomic mass is 19.2. The zero-order chi connectivity index (χ0) is 20.9. The molecule has 0 aliphatic carbocycles. The molecule has 0 aliphatic heterocycles. The molecular weight excluding hydrogens is 383 g/mol. The van der Waals surface area contributed by atoms with Crippen molar-refractivity contribution in [3.63, 3.8) is 0 Å². The fourth-order valence-electron chi connectivity index (χ4n) is 3.43. The molecule has 0 radical (unpaired) electrons. The summed E-state index contributed by atoms with van der Waals surface area (Å²) in [6, 6.07) is 7.25. The largest absolute Gasteiger partial charge is 0.348 e. The molecule has 0 fully saturated rings. The molecule has 0 saturated heterocycles. The van der Waals surface area contributed by atoms with Crippen molar-refractivity contribution in [2.45, 2.75) is 13.0 Å². The number of hydrogen-bond donors (Lipinski definition) is 2. The summed E-state index contributed by atoms with van der Waals surface area (Å²) in [5.41, 5.74) is 0.293. The van der Waals surface area contributed by atoms with Crippen molar-refractivity contribution in [1.82, 2.24) is 14.9 Å². The molecule has 8 heteroatoms. The van der Waals surface area contributed by atoms with E-state index in [4.69, 9.17) is 0 Å². The third-order valence-electron chi connectivity index (χ3n) is 5.16. The van der Waals surface area contributed by atoms with Crippen molar-refractivity contribution >= 4 is 27.6 Å². The van der Waals surface area contributed by atoms with Crippen LogP contribution in [0, 0.1) is 17.5 Å². The number of nitrogens with zero attached hydrogens (tertiary/aromatic N) is 1. The van der Waals surface area contributed by atoms with Crippen LogP contribution in [-0.2, 0) is 0 Å². The second kappa shape index (κ2) is 6.80. The molecule has 4 aromatic rings. The van der Waals surface area contributed by atoms with E-state index in [2.05, 4.69) is 9.97 Å². The Balaban J connectivity index is 1.75. The lowest BCUT2D eigenvalue weighted by molar-refractivity contribution is 0.0738. The number of aromatic nitrogens is 2. The van der Waals surface area contributed by atoms with Crippen molar-refractivity contribution < 1.29 is 18.0 Å². The fourth-order valence-corrected chi connectivity index (χ4v) is 3.43. The molecule has 1 unspecified atom stereocenters. The molecule has 1 atom stereocenters. The van der Waals surface area contributed by atoms with E-state index in [9.17, 15) is 22.8 Å². The van der Waals surface area contributed by atoms with Gasteiger partial charge in [-0.1, -0.05) is 12.1 Å². The Morgan fingerprint density at radius 2 is 1.72 bits per heavy atom. The zero-order valence-electron chi connectivity index (χ0n) is 15.5. The monoisotopic (exact) mass is 399 g/mol. The molecule has 2 aromatic carbocycles. The minimum absolute atomic E-state index is 0.0122. The molecule has 148 valence electrons. The van der Waals surface area contributed by atoms with E-state index >= 15 is 0 Å². The number of H-pyrrole nitrogens is 2. The number of halogens is 3. The summed E-state index contributed by atoms with van der Waals surface area (Å²) in [7, 11) is 1.53. The van der Waals surface area contributed by atoms with Crippen LogP contribution in [0.2, 0.25) is 0 Å². The predicted octanol–water partition coefficient (Wildman–Crippen LogP) is 4.26. The van der Waals surface area contributed by atoms with E-state index in [0.29, 0.717) is 10.9 Å². The topological polar surface area (TPSA) is 69.0 Å². The van der Waals surface area contributed by atoms with Crippen LogP contribution in [0.1, 0.15) is 29.0 Å². The van der Waals surface area contributed by atoms with Crippen LogP contribution in [0.25, 0.3) is 21.7 Å². The molecule has 1 amide bonds. The summed E-state index contributed by atoms with van der Waals surface area (Å²) < 4.78 is 41.3. The number of benzene rings is 2. The third kappa shape index (κ3) is 3.06. The highest BCUT2D eigenvalue weighted by Gasteiger charge is 2.23. The molecular formula is C21H16F3N3O2. The maximum atomic E-state index is 13.9. The SMILES string of the molecule is CC(c1c[nH]c(=O)c2cc(F)c(F)cc12)N(C)C(=O)c1cc2cccc(F)c2[nH]1. The van der Waals surface area contributed by atoms with Gasteiger partial charge >= 0.3 is 0 Å². The normalized spacial score (nSPS) is 12.4. The molecule has 5 nitrogen and oxygen atoms in total. The van der Waals surface area contributed by atoms with Crippen molar-refractivity contribution in [3.8, 4) is 0 Å². The molecule has 29 heavy (non-hydrogen) atoms. The van der Waals surface area contributed by atoms with E-state index in [1.165, 1.54) is 24.2 Å². The molecule has 2 N–H and O–H groups in total. The summed E-state index contributed by atoms with van der Waals surface area (Å²) in [6.07, 6.45) is 1.38. The van der Waals surface area contributed by atoms with Crippen LogP contribution in [0.15, 0.2) is 47.4 Å². The van der Waals surface area contributed by atoms with E-state index < -0.39 is 35.0 Å². The number of aromatic amines is 2. The molecule has 0 spiro atoms. The Bertz CT molecular complexity index is 1330. The van der Waals surface area contributed by atoms with Gasteiger partial charge < -0.3 is 14.9 Å². The average molecular weight is 399 g/mol. The number of amides is 1. The van der Waals surface area contributed by atoms with Crippen LogP contribution < -0.4 is 5.56 Å². The molecule has 4 rings (SSSR count). The van der Waals surface area contributed by atoms with Gasteiger partial charge in [-0.25, -0.2) is 13.2 Å². The van der Waals surface area contributed by atoms with E-state index in [-0.39, 0.29) is 22.0 Å². The van der Waals surface area contributed by atoms with Gasteiger partial charge in [-0.2, -0.15) is 0 Å². The Morgan fingerprint density at radius 3 is 2.41 bits per heavy atom. The van der Waals surface area contributed by atoms with Gasteiger partial charge in [0.15, 0.2) is 11.6 Å². The summed E-state index contributed by atoms with van der Waals surface area (Å²) in [6.45, 7) is 1.69. The zero-order valence-corrected chi connectivity index (χ0v) is 15.5. The maximum absolute atomic E-state index is 13.9. The summed E-state index contributed by atoms with van der Waals surface area (Å²) in [5.74, 6) is -3.11. The first-order valence-electron chi connectivity index (χ1n) is 8.82. The molecule has 0 aliphatic rings. The summed E-state index contributed by atoms with van der Waals surface area (Å²) in [4.78, 5) is 31.6. The number of hydrogen-bond acceptors (Lipinski definition) is 2. The first kappa shape index (κ1) is 18.8. The summed E-state index contributed by atoms with van der Waals surface area (Å²) in [5, 5.41) is 0.755. The van der Waals surface area contributed by atoms with E-state index in [1.807, 2.05) is 0 Å². The molecule has 2 heterocycles. The van der Waals surface area contributed by atoms with Gasteiger partial charge in [0.05, 0.1) is 16.9 Å². The lowest BCUT2D eigenvalue weighted by atomic mass is 10.0. The van der Waals surface area contributed by atoms with E-state index in [1.54, 1.807) is 25.1 Å². The second-order valence-electron chi connectivity index (χ2n) is 6.86. The van der Waals surface area contributed by atoms with Crippen molar-refractivity contribution in [2.24, 2.45) is 0 Å². The lowest BCUT2D eigenvalue weighted by Gasteiger charge is -2.25. The van der Waals surface area contributed by atoms with Crippen molar-refractivity contribution in [3.05, 3.63) is 81.7 Å². The predicted molar refractivity (Wildman–Crippen MR) is 103 cm³/mol. The van der Waals surface area contributed by atoms with Crippen LogP contribution in [0.3, 0.4) is 0 Å². The minimum atomic E-state index is -1.13. The number of carbonyl (C=O) groups excluding carboxylic acids is 1. The number of pyridine rings is 1. The maximum Gasteiger partial charge on any atom is 0.270 e. The first-order chi connectivity index (χ1) is 13.8. The average Bonchev–Trinajstić information content (AvgIpc) is 3.14. The molecule has 0 saturated carbocycles. The van der Waals surface area contributed by atoms with E-state index in [0.717, 1.165) is 12.1 Å². The van der Waals surface area contributed by atoms with Gasteiger partial charge in [0.2, 0.25) is 0 Å². The van der Waals surface area contributed by atoms with Crippen LogP contribution in [0.4, 0.5) is 13.2 Å². The Morgan fingerprint density at radius 1 is 1.03 bits per heavy atom. The van der Waals surface area contributed by atoms with Crippen molar-refractivity contribution in [2.75, 3.05) is 7.05 Å². The van der Waals surface area contributed by atoms with Crippen molar-refractivity contribution in [1.29, 1.82) is 0 Å². The minimum Gasteiger partial charge on any atom is -0.348 e. The number of rotatable bonds is 3. The number of fused-ring (bicyclic) bond motifs is 2. The van der Waals surface area contributed by atoms with Crippen LogP contribution >= 0.6 is 0 Å². The first-order valence-corrected chi connectivity index (χ1v) is 8.82. The quantitative estimate of drug-likeness (QED) is 0.541. The van der Waals surface area contributed by atoms with Gasteiger partial charge in [0, 0.05) is 18.6 Å².